The molecule has 0 aliphatic rings. The van der Waals surface area contributed by atoms with Crippen molar-refractivity contribution in [3.05, 3.63) is 57.6 Å². The Kier molecular flexibility index (Phi) is 6.38. The van der Waals surface area contributed by atoms with Crippen LogP contribution in [0.3, 0.4) is 0 Å². The van der Waals surface area contributed by atoms with Gasteiger partial charge in [0.05, 0.1) is 11.4 Å². The number of carbonyl (C=O) groups is 1. The van der Waals surface area contributed by atoms with Crippen molar-refractivity contribution in [1.29, 1.82) is 0 Å². The maximum Gasteiger partial charge on any atom is 0.274 e. The molecule has 2 aromatic heterocycles. The number of hydrogen-bond acceptors (Lipinski definition) is 6. The Labute approximate surface area is 182 Å². The average Bonchev–Trinajstić information content (AvgIpc) is 3.02. The molecule has 7 nitrogen and oxygen atoms in total. The zero-order valence-electron chi connectivity index (χ0n) is 17.0. The van der Waals surface area contributed by atoms with E-state index in [1.807, 2.05) is 65.0 Å². The summed E-state index contributed by atoms with van der Waals surface area (Å²) in [6.07, 6.45) is 0. The molecule has 0 unspecified atom stereocenters. The van der Waals surface area contributed by atoms with Gasteiger partial charge in [-0.3, -0.25) is 4.79 Å². The summed E-state index contributed by atoms with van der Waals surface area (Å²) in [5, 5.41) is 12.1. The molecular weight excluding hydrogens is 452 g/mol. The number of aromatic nitrogens is 5. The van der Waals surface area contributed by atoms with Gasteiger partial charge in [-0.05, 0) is 65.0 Å². The Balaban J connectivity index is 1.97. The van der Waals surface area contributed by atoms with Crippen molar-refractivity contribution >= 4 is 33.6 Å². The lowest BCUT2D eigenvalue weighted by molar-refractivity contribution is 0.0913. The molecule has 29 heavy (non-hydrogen) atoms. The van der Waals surface area contributed by atoms with Crippen molar-refractivity contribution in [1.82, 2.24) is 30.3 Å². The van der Waals surface area contributed by atoms with Gasteiger partial charge in [0.2, 0.25) is 0 Å². The minimum Gasteiger partial charge on any atom is -0.346 e. The van der Waals surface area contributed by atoms with Crippen LogP contribution < -0.4 is 5.32 Å². The van der Waals surface area contributed by atoms with E-state index >= 15 is 0 Å². The van der Waals surface area contributed by atoms with Crippen LogP contribution in [0.2, 0.25) is 0 Å². The van der Waals surface area contributed by atoms with E-state index in [0.29, 0.717) is 22.3 Å². The number of nitrogens with zero attached hydrogens (tertiary/aromatic N) is 5. The number of amides is 1. The highest BCUT2D eigenvalue weighted by Crippen LogP contribution is 2.24. The van der Waals surface area contributed by atoms with Gasteiger partial charge < -0.3 is 5.32 Å². The van der Waals surface area contributed by atoms with Crippen molar-refractivity contribution in [2.24, 2.45) is 0 Å². The first kappa shape index (κ1) is 21.4. The van der Waals surface area contributed by atoms with Gasteiger partial charge in [0, 0.05) is 27.2 Å². The number of aryl methyl sites for hydroxylation is 2. The standard InChI is InChI=1S/C20H23BrN6OS/c1-12-10-13(2)23-19(22-12)29-11-16-17(18(28)24-20(3,4)5)25-26-27(16)15-8-6-14(21)7-9-15/h6-10H,11H2,1-5H3,(H,24,28). The Hall–Kier alpha value is -2.26. The van der Waals surface area contributed by atoms with Gasteiger partial charge in [0.25, 0.3) is 5.91 Å². The fraction of sp³-hybridized carbons (Fsp3) is 0.350. The van der Waals surface area contributed by atoms with E-state index in [1.165, 1.54) is 11.8 Å². The van der Waals surface area contributed by atoms with Crippen LogP contribution in [0, 0.1) is 13.8 Å². The van der Waals surface area contributed by atoms with Crippen LogP contribution in [-0.4, -0.2) is 36.4 Å². The molecule has 1 aromatic carbocycles. The third-order valence-electron chi connectivity index (χ3n) is 3.84. The molecular formula is C20H23BrN6OS. The number of rotatable bonds is 5. The van der Waals surface area contributed by atoms with Gasteiger partial charge in [-0.2, -0.15) is 0 Å². The lowest BCUT2D eigenvalue weighted by Gasteiger charge is -2.20. The van der Waals surface area contributed by atoms with Gasteiger partial charge in [-0.25, -0.2) is 14.6 Å². The maximum absolute atomic E-state index is 12.8. The van der Waals surface area contributed by atoms with Crippen LogP contribution in [0.15, 0.2) is 40.0 Å². The summed E-state index contributed by atoms with van der Waals surface area (Å²) in [7, 11) is 0. The minimum atomic E-state index is -0.375. The first-order chi connectivity index (χ1) is 13.6. The molecule has 1 N–H and O–H groups in total. The van der Waals surface area contributed by atoms with E-state index < -0.39 is 0 Å². The van der Waals surface area contributed by atoms with E-state index in [2.05, 4.69) is 41.5 Å². The molecule has 9 heteroatoms. The summed E-state index contributed by atoms with van der Waals surface area (Å²) < 4.78 is 2.66. The van der Waals surface area contributed by atoms with Crippen LogP contribution in [0.1, 0.15) is 48.3 Å². The van der Waals surface area contributed by atoms with Crippen LogP contribution in [0.4, 0.5) is 0 Å². The Morgan fingerprint density at radius 2 is 1.76 bits per heavy atom. The quantitative estimate of drug-likeness (QED) is 0.439. The second kappa shape index (κ2) is 8.62. The third kappa shape index (κ3) is 5.63. The minimum absolute atomic E-state index is 0.252. The predicted molar refractivity (Wildman–Crippen MR) is 117 cm³/mol. The van der Waals surface area contributed by atoms with Crippen molar-refractivity contribution in [3.8, 4) is 5.69 Å². The SMILES string of the molecule is Cc1cc(C)nc(SCc2c(C(=O)NC(C)(C)C)nnn2-c2ccc(Br)cc2)n1. The largest absolute Gasteiger partial charge is 0.346 e. The van der Waals surface area contributed by atoms with Crippen LogP contribution >= 0.6 is 27.7 Å². The average molecular weight is 475 g/mol. The van der Waals surface area contributed by atoms with E-state index in [4.69, 9.17) is 0 Å². The highest BCUT2D eigenvalue weighted by molar-refractivity contribution is 9.10. The van der Waals surface area contributed by atoms with E-state index in [-0.39, 0.29) is 11.4 Å². The summed E-state index contributed by atoms with van der Waals surface area (Å²) in [4.78, 5) is 21.8. The Bertz CT molecular complexity index is 1010. The molecule has 0 aliphatic carbocycles. The van der Waals surface area contributed by atoms with Gasteiger partial charge in [0.15, 0.2) is 10.9 Å². The molecule has 2 heterocycles. The first-order valence-electron chi connectivity index (χ1n) is 9.10. The van der Waals surface area contributed by atoms with E-state index in [0.717, 1.165) is 21.5 Å². The molecule has 0 aliphatic heterocycles. The van der Waals surface area contributed by atoms with Gasteiger partial charge in [0.1, 0.15) is 0 Å². The predicted octanol–water partition coefficient (Wildman–Crippen LogP) is 4.26. The number of halogens is 1. The molecule has 0 atom stereocenters. The van der Waals surface area contributed by atoms with Gasteiger partial charge in [-0.1, -0.05) is 32.9 Å². The summed E-state index contributed by atoms with van der Waals surface area (Å²) in [5.74, 6) is 0.205. The maximum atomic E-state index is 12.8. The van der Waals surface area contributed by atoms with Crippen molar-refractivity contribution in [3.63, 3.8) is 0 Å². The zero-order chi connectivity index (χ0) is 21.2. The highest BCUT2D eigenvalue weighted by atomic mass is 79.9. The van der Waals surface area contributed by atoms with Gasteiger partial charge >= 0.3 is 0 Å². The molecule has 0 spiro atoms. The van der Waals surface area contributed by atoms with E-state index in [1.54, 1.807) is 4.68 Å². The number of nitrogens with one attached hydrogen (secondary N) is 1. The van der Waals surface area contributed by atoms with E-state index in [9.17, 15) is 4.79 Å². The molecule has 0 fully saturated rings. The summed E-state index contributed by atoms with van der Waals surface area (Å²) in [5.41, 5.74) is 3.27. The molecule has 1 amide bonds. The molecule has 0 saturated carbocycles. The van der Waals surface area contributed by atoms with Crippen LogP contribution in [0.25, 0.3) is 5.69 Å². The van der Waals surface area contributed by atoms with Crippen molar-refractivity contribution < 1.29 is 4.79 Å². The smallest absolute Gasteiger partial charge is 0.274 e. The van der Waals surface area contributed by atoms with Crippen LogP contribution in [-0.2, 0) is 5.75 Å². The fourth-order valence-electron chi connectivity index (χ4n) is 2.69. The lowest BCUT2D eigenvalue weighted by Crippen LogP contribution is -2.41. The highest BCUT2D eigenvalue weighted by Gasteiger charge is 2.24. The van der Waals surface area contributed by atoms with Gasteiger partial charge in [-0.15, -0.1) is 5.10 Å². The monoisotopic (exact) mass is 474 g/mol. The summed E-state index contributed by atoms with van der Waals surface area (Å²) >= 11 is 4.90. The zero-order valence-corrected chi connectivity index (χ0v) is 19.4. The topological polar surface area (TPSA) is 85.6 Å². The third-order valence-corrected chi connectivity index (χ3v) is 5.22. The molecule has 3 rings (SSSR count). The molecule has 0 saturated heterocycles. The number of benzene rings is 1. The molecule has 0 radical (unpaired) electrons. The van der Waals surface area contributed by atoms with Crippen molar-refractivity contribution in [2.75, 3.05) is 0 Å². The fourth-order valence-corrected chi connectivity index (χ4v) is 3.89. The Morgan fingerprint density at radius 1 is 1.14 bits per heavy atom. The molecule has 3 aromatic rings. The van der Waals surface area contributed by atoms with Crippen molar-refractivity contribution in [2.45, 2.75) is 51.1 Å². The lowest BCUT2D eigenvalue weighted by atomic mass is 10.1. The second-order valence-electron chi connectivity index (χ2n) is 7.70. The molecule has 0 bridgehead atoms. The number of thioether (sulfide) groups is 1. The number of carbonyl (C=O) groups excluding carboxylic acids is 1. The van der Waals surface area contributed by atoms with Crippen LogP contribution in [0.5, 0.6) is 0 Å². The first-order valence-corrected chi connectivity index (χ1v) is 10.9. The normalized spacial score (nSPS) is 11.5. The summed E-state index contributed by atoms with van der Waals surface area (Å²) in [6, 6.07) is 9.63. The second-order valence-corrected chi connectivity index (χ2v) is 9.56. The Morgan fingerprint density at radius 3 is 2.34 bits per heavy atom. The molecule has 152 valence electrons. The summed E-state index contributed by atoms with van der Waals surface area (Å²) in [6.45, 7) is 9.68. The number of hydrogen-bond donors (Lipinski definition) is 1.